The number of esters is 1. The largest absolute Gasteiger partial charge is 0.467 e. The normalized spacial score (nSPS) is 24.1. The zero-order valence-corrected chi connectivity index (χ0v) is 8.87. The summed E-state index contributed by atoms with van der Waals surface area (Å²) in [5.41, 5.74) is 0. The zero-order valence-electron chi connectivity index (χ0n) is 7.24. The van der Waals surface area contributed by atoms with Crippen molar-refractivity contribution >= 4 is 33.5 Å². The summed E-state index contributed by atoms with van der Waals surface area (Å²) >= 11 is 0. The fraction of sp³-hybridized carbons (Fsp3) is 0.714. The van der Waals surface area contributed by atoms with Gasteiger partial charge in [-0.3, -0.25) is 4.79 Å². The minimum Gasteiger partial charge on any atom is -0.467 e. The van der Waals surface area contributed by atoms with Crippen molar-refractivity contribution in [2.75, 3.05) is 18.6 Å². The third kappa shape index (κ3) is 3.48. The van der Waals surface area contributed by atoms with E-state index in [0.29, 0.717) is 12.2 Å². The van der Waals surface area contributed by atoms with Gasteiger partial charge < -0.3 is 10.1 Å². The molecule has 74 valence electrons. The number of nitrogens with one attached hydrogen (secondary N) is 1. The maximum Gasteiger partial charge on any atom is 0.329 e. The average molecular weight is 221 g/mol. The highest BCUT2D eigenvalue weighted by Gasteiger charge is 2.22. The fourth-order valence-electron chi connectivity index (χ4n) is 0.887. The van der Waals surface area contributed by atoms with Crippen LogP contribution in [0.2, 0.25) is 0 Å². The third-order valence-electron chi connectivity index (χ3n) is 1.55. The van der Waals surface area contributed by atoms with E-state index < -0.39 is 6.04 Å². The Hall–Kier alpha value is -0.360. The van der Waals surface area contributed by atoms with Crippen LogP contribution in [0.1, 0.15) is 6.42 Å². The van der Waals surface area contributed by atoms with Gasteiger partial charge in [-0.05, 0) is 0 Å². The third-order valence-corrected chi connectivity index (χ3v) is 3.97. The number of carbonyl (C=O) groups excluding carboxylic acids is 2. The maximum absolute atomic E-state index is 11.1. The molecule has 0 bridgehead atoms. The first-order chi connectivity index (χ1) is 6.24. The second kappa shape index (κ2) is 5.39. The minimum absolute atomic E-state index is 0.0804. The summed E-state index contributed by atoms with van der Waals surface area (Å²) in [6.07, 6.45) is 0.463. The van der Waals surface area contributed by atoms with Gasteiger partial charge in [-0.2, -0.15) is 0 Å². The van der Waals surface area contributed by atoms with Gasteiger partial charge in [0.05, 0.1) is 7.11 Å². The van der Waals surface area contributed by atoms with Crippen molar-refractivity contribution in [2.45, 2.75) is 12.5 Å². The molecule has 13 heavy (non-hydrogen) atoms. The van der Waals surface area contributed by atoms with E-state index in [9.17, 15) is 9.59 Å². The van der Waals surface area contributed by atoms with Crippen molar-refractivity contribution in [2.24, 2.45) is 0 Å². The highest BCUT2D eigenvalue weighted by atomic mass is 33.1. The van der Waals surface area contributed by atoms with Crippen LogP contribution in [0.5, 0.6) is 0 Å². The predicted molar refractivity (Wildman–Crippen MR) is 53.5 cm³/mol. The van der Waals surface area contributed by atoms with Crippen molar-refractivity contribution in [3.8, 4) is 0 Å². The highest BCUT2D eigenvalue weighted by Crippen LogP contribution is 2.24. The summed E-state index contributed by atoms with van der Waals surface area (Å²) in [5, 5.41) is 2.62. The Morgan fingerprint density at radius 3 is 3.08 bits per heavy atom. The van der Waals surface area contributed by atoms with E-state index >= 15 is 0 Å². The van der Waals surface area contributed by atoms with Gasteiger partial charge in [0.15, 0.2) is 0 Å². The van der Waals surface area contributed by atoms with E-state index in [1.807, 2.05) is 0 Å². The molecule has 1 aliphatic rings. The molecule has 0 spiro atoms. The van der Waals surface area contributed by atoms with Crippen LogP contribution in [-0.4, -0.2) is 36.5 Å². The molecule has 0 aromatic rings. The molecule has 0 aromatic carbocycles. The van der Waals surface area contributed by atoms with E-state index in [4.69, 9.17) is 0 Å². The monoisotopic (exact) mass is 221 g/mol. The van der Waals surface area contributed by atoms with Gasteiger partial charge in [-0.1, -0.05) is 21.6 Å². The van der Waals surface area contributed by atoms with Gasteiger partial charge in [0.2, 0.25) is 5.91 Å². The first-order valence-electron chi connectivity index (χ1n) is 3.85. The Morgan fingerprint density at radius 2 is 2.38 bits per heavy atom. The van der Waals surface area contributed by atoms with Crippen LogP contribution < -0.4 is 5.32 Å². The van der Waals surface area contributed by atoms with Gasteiger partial charge in [0.25, 0.3) is 0 Å². The molecule has 0 saturated carbocycles. The highest BCUT2D eigenvalue weighted by molar-refractivity contribution is 8.76. The predicted octanol–water partition coefficient (Wildman–Crippen LogP) is 0.429. The molecule has 1 N–H and O–H groups in total. The second-order valence-corrected chi connectivity index (χ2v) is 5.13. The van der Waals surface area contributed by atoms with E-state index in [-0.39, 0.29) is 11.9 Å². The summed E-state index contributed by atoms with van der Waals surface area (Å²) in [4.78, 5) is 22.2. The summed E-state index contributed by atoms with van der Waals surface area (Å²) in [5.74, 6) is 0.916. The van der Waals surface area contributed by atoms with Crippen LogP contribution in [0.4, 0.5) is 0 Å². The summed E-state index contributed by atoms with van der Waals surface area (Å²) in [7, 11) is 4.52. The number of methoxy groups -OCH3 is 1. The SMILES string of the molecule is COC(=O)[C@@H]1CSSCCC(=O)N1. The van der Waals surface area contributed by atoms with E-state index in [0.717, 1.165) is 5.75 Å². The van der Waals surface area contributed by atoms with Gasteiger partial charge >= 0.3 is 5.97 Å². The van der Waals surface area contributed by atoms with Gasteiger partial charge in [0.1, 0.15) is 6.04 Å². The van der Waals surface area contributed by atoms with Crippen LogP contribution in [-0.2, 0) is 14.3 Å². The molecular formula is C7H11NO3S2. The molecule has 1 saturated heterocycles. The number of ether oxygens (including phenoxy) is 1. The zero-order chi connectivity index (χ0) is 9.68. The van der Waals surface area contributed by atoms with E-state index in [1.165, 1.54) is 7.11 Å². The molecule has 0 aliphatic carbocycles. The summed E-state index contributed by atoms with van der Waals surface area (Å²) in [6, 6.07) is -0.490. The first-order valence-corrected chi connectivity index (χ1v) is 6.34. The molecule has 1 rings (SSSR count). The quantitative estimate of drug-likeness (QED) is 0.514. The molecule has 1 heterocycles. The summed E-state index contributed by atoms with van der Waals surface area (Å²) < 4.78 is 4.56. The second-order valence-electron chi connectivity index (χ2n) is 2.50. The molecule has 1 fully saturated rings. The maximum atomic E-state index is 11.1. The lowest BCUT2D eigenvalue weighted by Crippen LogP contribution is -2.43. The number of rotatable bonds is 1. The summed E-state index contributed by atoms with van der Waals surface area (Å²) in [6.45, 7) is 0. The van der Waals surface area contributed by atoms with Crippen LogP contribution >= 0.6 is 21.6 Å². The lowest BCUT2D eigenvalue weighted by Gasteiger charge is -2.17. The molecule has 0 aromatic heterocycles. The lowest BCUT2D eigenvalue weighted by molar-refractivity contribution is -0.144. The Labute approximate surface area is 84.6 Å². The van der Waals surface area contributed by atoms with Crippen molar-refractivity contribution in [1.82, 2.24) is 5.32 Å². The standard InChI is InChI=1S/C7H11NO3S2/c1-11-7(10)5-4-13-12-3-2-6(9)8-5/h5H,2-4H2,1H3,(H,8,9)/t5-/m0/s1. The van der Waals surface area contributed by atoms with Gasteiger partial charge in [-0.25, -0.2) is 4.79 Å². The molecule has 4 nitrogen and oxygen atoms in total. The van der Waals surface area contributed by atoms with Crippen LogP contribution in [0.15, 0.2) is 0 Å². The molecule has 1 atom stereocenters. The lowest BCUT2D eigenvalue weighted by atomic mass is 10.3. The average Bonchev–Trinajstić information content (AvgIpc) is 2.10. The number of carbonyl (C=O) groups is 2. The van der Waals surface area contributed by atoms with Crippen LogP contribution in [0.3, 0.4) is 0 Å². The van der Waals surface area contributed by atoms with Crippen molar-refractivity contribution < 1.29 is 14.3 Å². The molecular weight excluding hydrogens is 210 g/mol. The van der Waals surface area contributed by atoms with E-state index in [1.54, 1.807) is 21.6 Å². The fourth-order valence-corrected chi connectivity index (χ4v) is 3.03. The Kier molecular flexibility index (Phi) is 4.44. The van der Waals surface area contributed by atoms with E-state index in [2.05, 4.69) is 10.1 Å². The number of amides is 1. The molecule has 6 heteroatoms. The first kappa shape index (κ1) is 10.7. The van der Waals surface area contributed by atoms with Crippen molar-refractivity contribution in [3.05, 3.63) is 0 Å². The van der Waals surface area contributed by atoms with Gasteiger partial charge in [0, 0.05) is 17.9 Å². The van der Waals surface area contributed by atoms with Crippen molar-refractivity contribution in [3.63, 3.8) is 0 Å². The Bertz CT molecular complexity index is 210. The molecule has 0 radical (unpaired) electrons. The van der Waals surface area contributed by atoms with Crippen LogP contribution in [0.25, 0.3) is 0 Å². The van der Waals surface area contributed by atoms with Gasteiger partial charge in [-0.15, -0.1) is 0 Å². The smallest absolute Gasteiger partial charge is 0.329 e. The molecule has 0 unspecified atom stereocenters. The number of hydrogen-bond acceptors (Lipinski definition) is 5. The Balaban J connectivity index is 2.50. The van der Waals surface area contributed by atoms with Crippen LogP contribution in [0, 0.1) is 0 Å². The topological polar surface area (TPSA) is 55.4 Å². The molecule has 1 amide bonds. The molecule has 1 aliphatic heterocycles. The minimum atomic E-state index is -0.490. The van der Waals surface area contributed by atoms with Crippen molar-refractivity contribution in [1.29, 1.82) is 0 Å². The number of hydrogen-bond donors (Lipinski definition) is 1. The Morgan fingerprint density at radius 1 is 1.62 bits per heavy atom.